The molecular weight excluding hydrogens is 380 g/mol. The summed E-state index contributed by atoms with van der Waals surface area (Å²) in [5, 5.41) is 3.32. The summed E-state index contributed by atoms with van der Waals surface area (Å²) in [5.74, 6) is 1.38. The quantitative estimate of drug-likeness (QED) is 0.677. The Kier molecular flexibility index (Phi) is 6.27. The van der Waals surface area contributed by atoms with Crippen LogP contribution in [-0.4, -0.2) is 34.6 Å². The number of nitrogens with zero attached hydrogens (tertiary/aromatic N) is 1. The number of hydrogen-bond donors (Lipinski definition) is 1. The lowest BCUT2D eigenvalue weighted by atomic mass is 10.0. The largest absolute Gasteiger partial charge is 0.493 e. The van der Waals surface area contributed by atoms with Crippen LogP contribution in [0, 0.1) is 5.92 Å². The molecule has 2 heterocycles. The van der Waals surface area contributed by atoms with Crippen LogP contribution in [0.15, 0.2) is 26.3 Å². The van der Waals surface area contributed by atoms with Crippen LogP contribution in [0.5, 0.6) is 5.75 Å². The smallest absolute Gasteiger partial charge is 0.339 e. The summed E-state index contributed by atoms with van der Waals surface area (Å²) >= 11 is 1.29. The molecule has 2 atom stereocenters. The van der Waals surface area contributed by atoms with Gasteiger partial charge in [-0.3, -0.25) is 14.6 Å². The molecule has 1 aromatic heterocycles. The zero-order valence-electron chi connectivity index (χ0n) is 16.4. The standard InChI is InChI=1S/C20H26N2O5S/c1-4-5-15(21-19(25)20(3)11-28-18(22-20)12(2)23)16-8-14(9-17(24)27-16)26-10-13-6-7-13/h8-9,13,15H,4-7,10-11H2,1-3H3,(H,21,25)/t15-,20+/m1/s1. The van der Waals surface area contributed by atoms with E-state index in [2.05, 4.69) is 10.3 Å². The first-order valence-electron chi connectivity index (χ1n) is 9.63. The van der Waals surface area contributed by atoms with Crippen LogP contribution in [0.1, 0.15) is 58.3 Å². The lowest BCUT2D eigenvalue weighted by molar-refractivity contribution is -0.125. The van der Waals surface area contributed by atoms with Gasteiger partial charge < -0.3 is 14.5 Å². The molecular formula is C20H26N2O5S. The topological polar surface area (TPSA) is 98.0 Å². The van der Waals surface area contributed by atoms with E-state index in [0.717, 1.165) is 19.3 Å². The zero-order valence-corrected chi connectivity index (χ0v) is 17.3. The van der Waals surface area contributed by atoms with Crippen LogP contribution >= 0.6 is 11.8 Å². The Morgan fingerprint density at radius 3 is 2.79 bits per heavy atom. The van der Waals surface area contributed by atoms with Gasteiger partial charge >= 0.3 is 5.63 Å². The van der Waals surface area contributed by atoms with Gasteiger partial charge in [0.15, 0.2) is 5.78 Å². The maximum absolute atomic E-state index is 12.9. The third-order valence-electron chi connectivity index (χ3n) is 4.80. The Bertz CT molecular complexity index is 845. The Morgan fingerprint density at radius 1 is 1.43 bits per heavy atom. The van der Waals surface area contributed by atoms with E-state index in [-0.39, 0.29) is 11.7 Å². The molecule has 0 bridgehead atoms. The van der Waals surface area contributed by atoms with Gasteiger partial charge in [-0.15, -0.1) is 11.8 Å². The minimum absolute atomic E-state index is 0.141. The SMILES string of the molecule is CCC[C@@H](NC(=O)[C@]1(C)CSC(C(C)=O)=N1)c1cc(OCC2CC2)cc(=O)o1. The first kappa shape index (κ1) is 20.6. The van der Waals surface area contributed by atoms with Gasteiger partial charge in [-0.25, -0.2) is 4.79 Å². The van der Waals surface area contributed by atoms with Crippen LogP contribution in [0.25, 0.3) is 0 Å². The van der Waals surface area contributed by atoms with E-state index >= 15 is 0 Å². The minimum Gasteiger partial charge on any atom is -0.493 e. The molecule has 1 aliphatic heterocycles. The molecule has 1 N–H and O–H groups in total. The number of nitrogens with one attached hydrogen (secondary N) is 1. The first-order chi connectivity index (χ1) is 13.3. The summed E-state index contributed by atoms with van der Waals surface area (Å²) in [6.45, 7) is 5.73. The van der Waals surface area contributed by atoms with Gasteiger partial charge in [0.1, 0.15) is 22.1 Å². The van der Waals surface area contributed by atoms with Crippen molar-refractivity contribution in [3.63, 3.8) is 0 Å². The number of aliphatic imine (C=N–C) groups is 1. The van der Waals surface area contributed by atoms with E-state index in [1.807, 2.05) is 6.92 Å². The van der Waals surface area contributed by atoms with Gasteiger partial charge in [0, 0.05) is 18.7 Å². The second kappa shape index (κ2) is 8.51. The van der Waals surface area contributed by atoms with Gasteiger partial charge in [0.25, 0.3) is 0 Å². The number of thioether (sulfide) groups is 1. The zero-order chi connectivity index (χ0) is 20.3. The highest BCUT2D eigenvalue weighted by molar-refractivity contribution is 8.16. The van der Waals surface area contributed by atoms with Crippen molar-refractivity contribution in [1.29, 1.82) is 0 Å². The highest BCUT2D eigenvalue weighted by Crippen LogP contribution is 2.31. The molecule has 0 radical (unpaired) electrons. The van der Waals surface area contributed by atoms with Crippen LogP contribution in [0.4, 0.5) is 0 Å². The fraction of sp³-hybridized carbons (Fsp3) is 0.600. The summed E-state index contributed by atoms with van der Waals surface area (Å²) in [7, 11) is 0. The number of carbonyl (C=O) groups is 2. The fourth-order valence-electron chi connectivity index (χ4n) is 2.91. The van der Waals surface area contributed by atoms with Gasteiger partial charge in [0.2, 0.25) is 5.91 Å². The summed E-state index contributed by atoms with van der Waals surface area (Å²) in [4.78, 5) is 40.7. The van der Waals surface area contributed by atoms with E-state index in [0.29, 0.717) is 41.3 Å². The van der Waals surface area contributed by atoms with Crippen LogP contribution in [-0.2, 0) is 9.59 Å². The molecule has 1 amide bonds. The lowest BCUT2D eigenvalue weighted by Crippen LogP contribution is -2.45. The molecule has 0 aromatic carbocycles. The average molecular weight is 407 g/mol. The average Bonchev–Trinajstić information content (AvgIpc) is 3.38. The normalized spacial score (nSPS) is 22.5. The Balaban J connectivity index is 1.76. The fourth-order valence-corrected chi connectivity index (χ4v) is 3.99. The summed E-state index contributed by atoms with van der Waals surface area (Å²) in [6.07, 6.45) is 3.70. The monoisotopic (exact) mass is 406 g/mol. The number of ketones is 1. The minimum atomic E-state index is -1.02. The molecule has 1 aromatic rings. The van der Waals surface area contributed by atoms with Crippen molar-refractivity contribution in [2.24, 2.45) is 10.9 Å². The number of rotatable bonds is 9. The van der Waals surface area contributed by atoms with Gasteiger partial charge in [-0.05, 0) is 32.1 Å². The summed E-state index contributed by atoms with van der Waals surface area (Å²) in [6, 6.07) is 2.54. The maximum atomic E-state index is 12.9. The Labute approximate surface area is 168 Å². The lowest BCUT2D eigenvalue weighted by Gasteiger charge is -2.24. The molecule has 3 rings (SSSR count). The van der Waals surface area contributed by atoms with Crippen molar-refractivity contribution in [2.75, 3.05) is 12.4 Å². The maximum Gasteiger partial charge on any atom is 0.339 e. The second-order valence-electron chi connectivity index (χ2n) is 7.62. The number of carbonyl (C=O) groups excluding carboxylic acids is 2. The first-order valence-corrected chi connectivity index (χ1v) is 10.6. The highest BCUT2D eigenvalue weighted by Gasteiger charge is 2.40. The van der Waals surface area contributed by atoms with Crippen molar-refractivity contribution in [1.82, 2.24) is 5.32 Å². The van der Waals surface area contributed by atoms with Crippen LogP contribution < -0.4 is 15.7 Å². The molecule has 7 nitrogen and oxygen atoms in total. The van der Waals surface area contributed by atoms with Gasteiger partial charge in [0.05, 0.1) is 18.7 Å². The third-order valence-corrected chi connectivity index (χ3v) is 6.16. The Morgan fingerprint density at radius 2 is 2.18 bits per heavy atom. The van der Waals surface area contributed by atoms with Crippen LogP contribution in [0.2, 0.25) is 0 Å². The van der Waals surface area contributed by atoms with Crippen molar-refractivity contribution in [3.05, 3.63) is 28.3 Å². The molecule has 1 saturated carbocycles. The summed E-state index contributed by atoms with van der Waals surface area (Å²) in [5.41, 5.74) is -1.52. The molecule has 28 heavy (non-hydrogen) atoms. The van der Waals surface area contributed by atoms with Crippen molar-refractivity contribution in [3.8, 4) is 5.75 Å². The number of amides is 1. The Hall–Kier alpha value is -2.09. The number of Topliss-reactive ketones (excluding diaryl/α,β-unsaturated/α-hetero) is 1. The van der Waals surface area contributed by atoms with E-state index in [1.54, 1.807) is 13.0 Å². The molecule has 1 fully saturated rings. The van der Waals surface area contributed by atoms with E-state index in [4.69, 9.17) is 9.15 Å². The molecule has 0 saturated heterocycles. The number of ether oxygens (including phenoxy) is 1. The molecule has 152 valence electrons. The van der Waals surface area contributed by atoms with Crippen LogP contribution in [0.3, 0.4) is 0 Å². The molecule has 2 aliphatic rings. The summed E-state index contributed by atoms with van der Waals surface area (Å²) < 4.78 is 11.1. The van der Waals surface area contributed by atoms with Crippen molar-refractivity contribution < 1.29 is 18.7 Å². The van der Waals surface area contributed by atoms with Gasteiger partial charge in [-0.1, -0.05) is 13.3 Å². The predicted octanol–water partition coefficient (Wildman–Crippen LogP) is 2.88. The third kappa shape index (κ3) is 5.04. The molecule has 0 spiro atoms. The van der Waals surface area contributed by atoms with E-state index < -0.39 is 17.2 Å². The van der Waals surface area contributed by atoms with E-state index in [1.165, 1.54) is 24.8 Å². The molecule has 8 heteroatoms. The number of hydrogen-bond acceptors (Lipinski definition) is 7. The van der Waals surface area contributed by atoms with E-state index in [9.17, 15) is 14.4 Å². The highest BCUT2D eigenvalue weighted by atomic mass is 32.2. The molecule has 0 unspecified atom stereocenters. The van der Waals surface area contributed by atoms with Crippen molar-refractivity contribution >= 4 is 28.5 Å². The predicted molar refractivity (Wildman–Crippen MR) is 108 cm³/mol. The second-order valence-corrected chi connectivity index (χ2v) is 8.58. The van der Waals surface area contributed by atoms with Gasteiger partial charge in [-0.2, -0.15) is 0 Å². The van der Waals surface area contributed by atoms with Crippen molar-refractivity contribution in [2.45, 2.75) is 58.0 Å². The molecule has 1 aliphatic carbocycles.